The minimum absolute atomic E-state index is 0.160. The third-order valence-electron chi connectivity index (χ3n) is 4.57. The molecule has 0 spiro atoms. The van der Waals surface area contributed by atoms with E-state index in [9.17, 15) is 9.18 Å². The van der Waals surface area contributed by atoms with E-state index in [2.05, 4.69) is 15.2 Å². The predicted molar refractivity (Wildman–Crippen MR) is 101 cm³/mol. The van der Waals surface area contributed by atoms with Crippen LogP contribution < -0.4 is 4.90 Å². The van der Waals surface area contributed by atoms with Gasteiger partial charge in [0.2, 0.25) is 0 Å². The number of carbonyl (C=O) groups excluding carboxylic acids is 1. The average Bonchev–Trinajstić information content (AvgIpc) is 3.18. The van der Waals surface area contributed by atoms with E-state index in [0.717, 1.165) is 5.69 Å². The van der Waals surface area contributed by atoms with Gasteiger partial charge in [-0.1, -0.05) is 28.9 Å². The van der Waals surface area contributed by atoms with Crippen LogP contribution in [-0.2, 0) is 0 Å². The fraction of sp³-hybridized carbons (Fsp3) is 0.211. The van der Waals surface area contributed by atoms with Crippen molar-refractivity contribution in [3.63, 3.8) is 0 Å². The quantitative estimate of drug-likeness (QED) is 0.695. The lowest BCUT2D eigenvalue weighted by Gasteiger charge is -2.35. The summed E-state index contributed by atoms with van der Waals surface area (Å²) >= 11 is 6.17. The van der Waals surface area contributed by atoms with Crippen LogP contribution >= 0.6 is 11.6 Å². The second-order valence-electron chi connectivity index (χ2n) is 6.26. The van der Waals surface area contributed by atoms with Crippen molar-refractivity contribution in [1.29, 1.82) is 0 Å². The van der Waals surface area contributed by atoms with Crippen molar-refractivity contribution in [3.8, 4) is 5.69 Å². The van der Waals surface area contributed by atoms with E-state index in [1.807, 2.05) is 18.2 Å². The fourth-order valence-electron chi connectivity index (χ4n) is 3.10. The molecular formula is C19H17ClFN5O. The highest BCUT2D eigenvalue weighted by Crippen LogP contribution is 2.20. The maximum atomic E-state index is 13.1. The molecule has 0 saturated carbocycles. The van der Waals surface area contributed by atoms with Gasteiger partial charge < -0.3 is 9.80 Å². The molecule has 2 aromatic carbocycles. The average molecular weight is 386 g/mol. The number of benzene rings is 2. The van der Waals surface area contributed by atoms with E-state index in [1.165, 1.54) is 16.8 Å². The summed E-state index contributed by atoms with van der Waals surface area (Å²) in [4.78, 5) is 16.6. The second-order valence-corrected chi connectivity index (χ2v) is 6.66. The summed E-state index contributed by atoms with van der Waals surface area (Å²) in [7, 11) is 0. The van der Waals surface area contributed by atoms with Gasteiger partial charge in [-0.2, -0.15) is 0 Å². The lowest BCUT2D eigenvalue weighted by Crippen LogP contribution is -2.48. The lowest BCUT2D eigenvalue weighted by atomic mass is 10.2. The standard InChI is InChI=1S/C19H17ClFN5O/c20-16-3-1-2-4-18(16)26-13-17(22-23-26)19(27)25-11-9-24(10-12-25)15-7-5-14(21)6-8-15/h1-8,13H,9-12H2. The highest BCUT2D eigenvalue weighted by molar-refractivity contribution is 6.32. The van der Waals surface area contributed by atoms with Crippen molar-refractivity contribution in [2.45, 2.75) is 0 Å². The summed E-state index contributed by atoms with van der Waals surface area (Å²) in [5, 5.41) is 8.56. The molecule has 1 aromatic heterocycles. The van der Waals surface area contributed by atoms with Gasteiger partial charge in [0.15, 0.2) is 5.69 Å². The van der Waals surface area contributed by atoms with Crippen molar-refractivity contribution in [1.82, 2.24) is 19.9 Å². The molecule has 138 valence electrons. The van der Waals surface area contributed by atoms with E-state index >= 15 is 0 Å². The Hall–Kier alpha value is -2.93. The minimum Gasteiger partial charge on any atom is -0.368 e. The summed E-state index contributed by atoms with van der Waals surface area (Å²) in [6, 6.07) is 13.6. The van der Waals surface area contributed by atoms with Crippen molar-refractivity contribution >= 4 is 23.2 Å². The number of nitrogens with zero attached hydrogens (tertiary/aromatic N) is 5. The number of piperazine rings is 1. The molecule has 2 heterocycles. The third kappa shape index (κ3) is 3.64. The Bertz CT molecular complexity index is 951. The van der Waals surface area contributed by atoms with Crippen LogP contribution in [0.25, 0.3) is 5.69 Å². The Morgan fingerprint density at radius 1 is 1.00 bits per heavy atom. The molecule has 1 amide bonds. The van der Waals surface area contributed by atoms with Crippen LogP contribution in [-0.4, -0.2) is 52.0 Å². The maximum Gasteiger partial charge on any atom is 0.276 e. The van der Waals surface area contributed by atoms with E-state index in [0.29, 0.717) is 36.9 Å². The molecule has 6 nitrogen and oxygen atoms in total. The maximum absolute atomic E-state index is 13.1. The smallest absolute Gasteiger partial charge is 0.276 e. The van der Waals surface area contributed by atoms with E-state index < -0.39 is 0 Å². The summed E-state index contributed by atoms with van der Waals surface area (Å²) in [5.74, 6) is -0.416. The molecule has 27 heavy (non-hydrogen) atoms. The number of hydrogen-bond acceptors (Lipinski definition) is 4. The summed E-state index contributed by atoms with van der Waals surface area (Å²) < 4.78 is 14.6. The predicted octanol–water partition coefficient (Wildman–Crippen LogP) is 3.02. The molecule has 0 bridgehead atoms. The van der Waals surface area contributed by atoms with Gasteiger partial charge >= 0.3 is 0 Å². The van der Waals surface area contributed by atoms with E-state index in [4.69, 9.17) is 11.6 Å². The molecular weight excluding hydrogens is 369 g/mol. The monoisotopic (exact) mass is 385 g/mol. The number of halogens is 2. The molecule has 0 aliphatic carbocycles. The minimum atomic E-state index is -0.255. The van der Waals surface area contributed by atoms with Gasteiger partial charge in [-0.3, -0.25) is 4.79 Å². The molecule has 0 radical (unpaired) electrons. The highest BCUT2D eigenvalue weighted by Gasteiger charge is 2.24. The SMILES string of the molecule is O=C(c1cn(-c2ccccc2Cl)nn1)N1CCN(c2ccc(F)cc2)CC1. The molecule has 1 aliphatic heterocycles. The van der Waals surface area contributed by atoms with Crippen molar-refractivity contribution in [2.75, 3.05) is 31.1 Å². The molecule has 1 aliphatic rings. The van der Waals surface area contributed by atoms with Gasteiger partial charge in [0.25, 0.3) is 5.91 Å². The first-order chi connectivity index (χ1) is 13.1. The summed E-state index contributed by atoms with van der Waals surface area (Å²) in [6.07, 6.45) is 1.59. The number of aromatic nitrogens is 3. The molecule has 0 atom stereocenters. The van der Waals surface area contributed by atoms with Gasteiger partial charge in [0, 0.05) is 31.9 Å². The number of carbonyl (C=O) groups is 1. The number of para-hydroxylation sites is 1. The zero-order valence-corrected chi connectivity index (χ0v) is 15.2. The van der Waals surface area contributed by atoms with Crippen LogP contribution in [0.5, 0.6) is 0 Å². The van der Waals surface area contributed by atoms with Crippen LogP contribution in [0.15, 0.2) is 54.7 Å². The third-order valence-corrected chi connectivity index (χ3v) is 4.89. The van der Waals surface area contributed by atoms with Gasteiger partial charge in [-0.05, 0) is 36.4 Å². The van der Waals surface area contributed by atoms with Crippen LogP contribution in [0.1, 0.15) is 10.5 Å². The van der Waals surface area contributed by atoms with Crippen LogP contribution in [0.3, 0.4) is 0 Å². The van der Waals surface area contributed by atoms with Gasteiger partial charge in [-0.15, -0.1) is 5.10 Å². The first kappa shape index (κ1) is 17.5. The van der Waals surface area contributed by atoms with Crippen LogP contribution in [0.4, 0.5) is 10.1 Å². The molecule has 3 aromatic rings. The topological polar surface area (TPSA) is 54.3 Å². The summed E-state index contributed by atoms with van der Waals surface area (Å²) in [6.45, 7) is 2.48. The van der Waals surface area contributed by atoms with Gasteiger partial charge in [0.1, 0.15) is 5.82 Å². The fourth-order valence-corrected chi connectivity index (χ4v) is 3.32. The lowest BCUT2D eigenvalue weighted by molar-refractivity contribution is 0.0741. The Morgan fingerprint density at radius 2 is 1.70 bits per heavy atom. The molecule has 4 rings (SSSR count). The number of anilines is 1. The largest absolute Gasteiger partial charge is 0.368 e. The Morgan fingerprint density at radius 3 is 2.41 bits per heavy atom. The molecule has 8 heteroatoms. The van der Waals surface area contributed by atoms with Gasteiger partial charge in [-0.25, -0.2) is 9.07 Å². The molecule has 1 fully saturated rings. The molecule has 1 saturated heterocycles. The van der Waals surface area contributed by atoms with Crippen molar-refractivity contribution < 1.29 is 9.18 Å². The zero-order valence-electron chi connectivity index (χ0n) is 14.4. The zero-order chi connectivity index (χ0) is 18.8. The molecule has 0 unspecified atom stereocenters. The van der Waals surface area contributed by atoms with E-state index in [-0.39, 0.29) is 17.4 Å². The van der Waals surface area contributed by atoms with Crippen LogP contribution in [0, 0.1) is 5.82 Å². The second kappa shape index (κ2) is 7.36. The van der Waals surface area contributed by atoms with Gasteiger partial charge in [0.05, 0.1) is 16.9 Å². The first-order valence-electron chi connectivity index (χ1n) is 8.59. The Balaban J connectivity index is 1.43. The van der Waals surface area contributed by atoms with E-state index in [1.54, 1.807) is 29.3 Å². The molecule has 0 N–H and O–H groups in total. The number of rotatable bonds is 3. The van der Waals surface area contributed by atoms with Crippen LogP contribution in [0.2, 0.25) is 5.02 Å². The normalized spacial score (nSPS) is 14.4. The Labute approximate surface area is 160 Å². The van der Waals surface area contributed by atoms with Crippen molar-refractivity contribution in [3.05, 3.63) is 71.3 Å². The first-order valence-corrected chi connectivity index (χ1v) is 8.96. The van der Waals surface area contributed by atoms with Crippen molar-refractivity contribution in [2.24, 2.45) is 0 Å². The number of hydrogen-bond donors (Lipinski definition) is 0. The number of amides is 1. The highest BCUT2D eigenvalue weighted by atomic mass is 35.5. The Kier molecular flexibility index (Phi) is 4.77. The summed E-state index contributed by atoms with van der Waals surface area (Å²) in [5.41, 5.74) is 1.91.